The van der Waals surface area contributed by atoms with E-state index < -0.39 is 16.7 Å². The van der Waals surface area contributed by atoms with Gasteiger partial charge < -0.3 is 15.2 Å². The zero-order chi connectivity index (χ0) is 20.5. The SMILES string of the molecule is COc1ccc(O)c(/C=N/NC(=O)CCC(=O)Nc2cccc([N+](=O)[O-])c2)c1. The molecule has 0 aliphatic heterocycles. The molecule has 0 unspecified atom stereocenters. The average molecular weight is 386 g/mol. The van der Waals surface area contributed by atoms with Crippen LogP contribution in [0.1, 0.15) is 18.4 Å². The number of anilines is 1. The van der Waals surface area contributed by atoms with E-state index >= 15 is 0 Å². The molecule has 0 atom stereocenters. The standard InChI is InChI=1S/C18H18N4O6/c1-28-15-5-6-16(23)12(9-15)11-19-21-18(25)8-7-17(24)20-13-3-2-4-14(10-13)22(26)27/h2-6,9-11,23H,7-8H2,1H3,(H,20,24)(H,21,25)/b19-11+. The fraction of sp³-hybridized carbons (Fsp3) is 0.167. The second-order valence-corrected chi connectivity index (χ2v) is 5.57. The van der Waals surface area contributed by atoms with Gasteiger partial charge in [-0.25, -0.2) is 5.43 Å². The Morgan fingerprint density at radius 2 is 1.96 bits per heavy atom. The van der Waals surface area contributed by atoms with Crippen molar-refractivity contribution in [2.24, 2.45) is 5.10 Å². The van der Waals surface area contributed by atoms with E-state index in [0.717, 1.165) is 0 Å². The number of phenolic OH excluding ortho intramolecular Hbond substituents is 1. The summed E-state index contributed by atoms with van der Waals surface area (Å²) in [5.74, 6) is -0.489. The smallest absolute Gasteiger partial charge is 0.271 e. The number of nitrogens with one attached hydrogen (secondary N) is 2. The summed E-state index contributed by atoms with van der Waals surface area (Å²) in [7, 11) is 1.48. The highest BCUT2D eigenvalue weighted by Crippen LogP contribution is 2.21. The molecule has 0 radical (unpaired) electrons. The Kier molecular flexibility index (Phi) is 7.03. The predicted octanol–water partition coefficient (Wildman–Crippen LogP) is 2.18. The first kappa shape index (κ1) is 20.4. The van der Waals surface area contributed by atoms with Gasteiger partial charge in [-0.15, -0.1) is 0 Å². The van der Waals surface area contributed by atoms with Gasteiger partial charge in [0.15, 0.2) is 0 Å². The number of hydrogen-bond donors (Lipinski definition) is 3. The molecule has 0 heterocycles. The summed E-state index contributed by atoms with van der Waals surface area (Å²) in [4.78, 5) is 33.8. The van der Waals surface area contributed by atoms with Crippen LogP contribution in [0.5, 0.6) is 11.5 Å². The lowest BCUT2D eigenvalue weighted by Gasteiger charge is -2.05. The fourth-order valence-electron chi connectivity index (χ4n) is 2.14. The second kappa shape index (κ2) is 9.67. The predicted molar refractivity (Wildman–Crippen MR) is 101 cm³/mol. The number of methoxy groups -OCH3 is 1. The molecule has 10 nitrogen and oxygen atoms in total. The Morgan fingerprint density at radius 1 is 1.21 bits per heavy atom. The number of carbonyl (C=O) groups is 2. The number of amides is 2. The number of aromatic hydroxyl groups is 1. The van der Waals surface area contributed by atoms with Crippen molar-refractivity contribution in [2.45, 2.75) is 12.8 Å². The highest BCUT2D eigenvalue weighted by Gasteiger charge is 2.10. The van der Waals surface area contributed by atoms with E-state index in [2.05, 4.69) is 15.8 Å². The van der Waals surface area contributed by atoms with Gasteiger partial charge in [0.1, 0.15) is 11.5 Å². The number of nitrogens with zero attached hydrogens (tertiary/aromatic N) is 2. The third kappa shape index (κ3) is 6.09. The lowest BCUT2D eigenvalue weighted by atomic mass is 10.2. The summed E-state index contributed by atoms with van der Waals surface area (Å²) in [6.07, 6.45) is 0.982. The number of carbonyl (C=O) groups excluding carboxylic acids is 2. The number of nitro groups is 1. The lowest BCUT2D eigenvalue weighted by Crippen LogP contribution is -2.20. The van der Waals surface area contributed by atoms with Crippen molar-refractivity contribution < 1.29 is 24.4 Å². The molecule has 0 aromatic heterocycles. The van der Waals surface area contributed by atoms with Crippen LogP contribution >= 0.6 is 0 Å². The van der Waals surface area contributed by atoms with E-state index in [-0.39, 0.29) is 30.0 Å². The zero-order valence-electron chi connectivity index (χ0n) is 14.9. The number of ether oxygens (including phenoxy) is 1. The van der Waals surface area contributed by atoms with Crippen LogP contribution in [0.4, 0.5) is 11.4 Å². The summed E-state index contributed by atoms with van der Waals surface area (Å²) < 4.78 is 5.03. The van der Waals surface area contributed by atoms with E-state index in [9.17, 15) is 24.8 Å². The second-order valence-electron chi connectivity index (χ2n) is 5.57. The Morgan fingerprint density at radius 3 is 2.68 bits per heavy atom. The molecule has 0 aliphatic rings. The maximum atomic E-state index is 11.9. The minimum atomic E-state index is -0.568. The first-order valence-electron chi connectivity index (χ1n) is 8.12. The van der Waals surface area contributed by atoms with Crippen LogP contribution in [0, 0.1) is 10.1 Å². The number of non-ortho nitro benzene ring substituents is 1. The monoisotopic (exact) mass is 386 g/mol. The molecule has 0 saturated carbocycles. The molecule has 146 valence electrons. The minimum absolute atomic E-state index is 0.0323. The molecule has 2 aromatic rings. The molecule has 3 N–H and O–H groups in total. The average Bonchev–Trinajstić information content (AvgIpc) is 2.68. The number of nitro benzene ring substituents is 1. The van der Waals surface area contributed by atoms with E-state index in [0.29, 0.717) is 11.3 Å². The van der Waals surface area contributed by atoms with Gasteiger partial charge in [0.25, 0.3) is 5.69 Å². The quantitative estimate of drug-likeness (QED) is 0.360. The Labute approximate surface area is 160 Å². The van der Waals surface area contributed by atoms with E-state index in [1.807, 2.05) is 0 Å². The number of hydrazone groups is 1. The van der Waals surface area contributed by atoms with E-state index in [4.69, 9.17) is 4.74 Å². The van der Waals surface area contributed by atoms with Gasteiger partial charge >= 0.3 is 0 Å². The molecule has 0 fully saturated rings. The molecular formula is C18H18N4O6. The number of rotatable bonds is 8. The molecule has 2 amide bonds. The normalized spacial score (nSPS) is 10.5. The van der Waals surface area contributed by atoms with Crippen LogP contribution in [0.15, 0.2) is 47.6 Å². The third-order valence-electron chi connectivity index (χ3n) is 3.55. The number of benzene rings is 2. The van der Waals surface area contributed by atoms with Crippen molar-refractivity contribution in [1.29, 1.82) is 0 Å². The minimum Gasteiger partial charge on any atom is -0.507 e. The van der Waals surface area contributed by atoms with Gasteiger partial charge in [0.05, 0.1) is 18.2 Å². The molecule has 2 aromatic carbocycles. The molecule has 2 rings (SSSR count). The van der Waals surface area contributed by atoms with Crippen LogP contribution in [0.25, 0.3) is 0 Å². The van der Waals surface area contributed by atoms with Crippen molar-refractivity contribution in [3.8, 4) is 11.5 Å². The largest absolute Gasteiger partial charge is 0.507 e. The molecule has 28 heavy (non-hydrogen) atoms. The first-order chi connectivity index (χ1) is 13.4. The Balaban J connectivity index is 1.81. The van der Waals surface area contributed by atoms with Crippen molar-refractivity contribution >= 4 is 29.4 Å². The number of phenols is 1. The summed E-state index contributed by atoms with van der Waals surface area (Å²) >= 11 is 0. The van der Waals surface area contributed by atoms with Crippen LogP contribution in [0.3, 0.4) is 0 Å². The molecule has 0 spiro atoms. The van der Waals surface area contributed by atoms with Crippen LogP contribution in [-0.4, -0.2) is 35.2 Å². The Hall–Kier alpha value is -3.95. The van der Waals surface area contributed by atoms with E-state index in [1.54, 1.807) is 6.07 Å². The first-order valence-corrected chi connectivity index (χ1v) is 8.12. The lowest BCUT2D eigenvalue weighted by molar-refractivity contribution is -0.384. The molecule has 0 saturated heterocycles. The van der Waals surface area contributed by atoms with Gasteiger partial charge in [-0.2, -0.15) is 5.10 Å². The van der Waals surface area contributed by atoms with E-state index in [1.165, 1.54) is 49.7 Å². The summed E-state index contributed by atoms with van der Waals surface area (Å²) in [6.45, 7) is 0. The third-order valence-corrected chi connectivity index (χ3v) is 3.55. The van der Waals surface area contributed by atoms with Crippen molar-refractivity contribution in [2.75, 3.05) is 12.4 Å². The summed E-state index contributed by atoms with van der Waals surface area (Å²) in [5, 5.41) is 26.6. The highest BCUT2D eigenvalue weighted by atomic mass is 16.6. The van der Waals surface area contributed by atoms with Crippen molar-refractivity contribution in [1.82, 2.24) is 5.43 Å². The van der Waals surface area contributed by atoms with Crippen LogP contribution in [0.2, 0.25) is 0 Å². The molecule has 0 bridgehead atoms. The van der Waals surface area contributed by atoms with Gasteiger partial charge in [0.2, 0.25) is 11.8 Å². The zero-order valence-corrected chi connectivity index (χ0v) is 14.9. The van der Waals surface area contributed by atoms with Gasteiger partial charge in [0, 0.05) is 36.2 Å². The van der Waals surface area contributed by atoms with Crippen LogP contribution < -0.4 is 15.5 Å². The Bertz CT molecular complexity index is 913. The maximum absolute atomic E-state index is 11.9. The maximum Gasteiger partial charge on any atom is 0.271 e. The fourth-order valence-corrected chi connectivity index (χ4v) is 2.14. The van der Waals surface area contributed by atoms with Crippen molar-refractivity contribution in [3.63, 3.8) is 0 Å². The van der Waals surface area contributed by atoms with Gasteiger partial charge in [-0.05, 0) is 24.3 Å². The van der Waals surface area contributed by atoms with Crippen LogP contribution in [-0.2, 0) is 9.59 Å². The summed E-state index contributed by atoms with van der Waals surface area (Å²) in [5.41, 5.74) is 2.72. The molecular weight excluding hydrogens is 368 g/mol. The molecule has 10 heteroatoms. The van der Waals surface area contributed by atoms with Crippen molar-refractivity contribution in [3.05, 3.63) is 58.1 Å². The topological polar surface area (TPSA) is 143 Å². The van der Waals surface area contributed by atoms with Gasteiger partial charge in [-0.1, -0.05) is 6.07 Å². The molecule has 0 aliphatic carbocycles. The summed E-state index contributed by atoms with van der Waals surface area (Å²) in [6, 6.07) is 10.0. The number of hydrogen-bond acceptors (Lipinski definition) is 7. The highest BCUT2D eigenvalue weighted by molar-refractivity contribution is 5.93. The van der Waals surface area contributed by atoms with Gasteiger partial charge in [-0.3, -0.25) is 19.7 Å².